The molecule has 36 heavy (non-hydrogen) atoms. The number of aromatic amines is 1. The first kappa shape index (κ1) is 22.9. The SMILES string of the molecule is N#Cc1ccc(N=C(c2ccccc2)c2c(O)[nH]c3ccc(NS(=O)(=O)c4ccccc4)cc23)cc1. The van der Waals surface area contributed by atoms with Gasteiger partial charge in [-0.1, -0.05) is 48.5 Å². The van der Waals surface area contributed by atoms with Crippen molar-refractivity contribution >= 4 is 38.0 Å². The van der Waals surface area contributed by atoms with E-state index in [0.29, 0.717) is 39.1 Å². The summed E-state index contributed by atoms with van der Waals surface area (Å²) in [6.07, 6.45) is 0. The van der Waals surface area contributed by atoms with Crippen LogP contribution in [0.2, 0.25) is 0 Å². The van der Waals surface area contributed by atoms with Gasteiger partial charge in [-0.05, 0) is 54.6 Å². The van der Waals surface area contributed by atoms with Gasteiger partial charge in [0.25, 0.3) is 10.0 Å². The molecule has 0 saturated heterocycles. The second-order valence-corrected chi connectivity index (χ2v) is 9.70. The van der Waals surface area contributed by atoms with E-state index in [-0.39, 0.29) is 10.8 Å². The van der Waals surface area contributed by atoms with Gasteiger partial charge in [0.2, 0.25) is 0 Å². The van der Waals surface area contributed by atoms with Gasteiger partial charge in [-0.3, -0.25) is 4.72 Å². The van der Waals surface area contributed by atoms with Crippen LogP contribution in [0.5, 0.6) is 5.88 Å². The Morgan fingerprint density at radius 2 is 1.56 bits per heavy atom. The molecule has 1 aromatic heterocycles. The highest BCUT2D eigenvalue weighted by molar-refractivity contribution is 7.92. The van der Waals surface area contributed by atoms with Gasteiger partial charge in [0.05, 0.1) is 33.5 Å². The molecule has 0 unspecified atom stereocenters. The highest BCUT2D eigenvalue weighted by Crippen LogP contribution is 2.33. The quantitative estimate of drug-likeness (QED) is 0.263. The van der Waals surface area contributed by atoms with Crippen LogP contribution < -0.4 is 4.72 Å². The Labute approximate surface area is 208 Å². The molecule has 3 N–H and O–H groups in total. The molecule has 0 fully saturated rings. The molecule has 176 valence electrons. The van der Waals surface area contributed by atoms with Gasteiger partial charge in [0, 0.05) is 22.2 Å². The van der Waals surface area contributed by atoms with Gasteiger partial charge in [-0.2, -0.15) is 5.26 Å². The standard InChI is InChI=1S/C28H20N4O3S/c29-18-19-11-13-21(14-12-19)30-27(20-7-3-1-4-8-20)26-24-17-22(15-16-25(24)31-28(26)33)32-36(34,35)23-9-5-2-6-10-23/h1-17,31-33H. The van der Waals surface area contributed by atoms with Crippen LogP contribution in [0.25, 0.3) is 10.9 Å². The minimum atomic E-state index is -3.79. The summed E-state index contributed by atoms with van der Waals surface area (Å²) in [5.41, 5.74) is 3.76. The number of nitrogens with zero attached hydrogens (tertiary/aromatic N) is 2. The predicted octanol–water partition coefficient (Wildman–Crippen LogP) is 5.72. The number of H-pyrrole nitrogens is 1. The number of benzene rings is 4. The van der Waals surface area contributed by atoms with Crippen molar-refractivity contribution in [2.45, 2.75) is 4.90 Å². The van der Waals surface area contributed by atoms with Crippen LogP contribution in [-0.4, -0.2) is 24.2 Å². The molecule has 0 radical (unpaired) electrons. The van der Waals surface area contributed by atoms with Crippen LogP contribution >= 0.6 is 0 Å². The number of rotatable bonds is 6. The zero-order chi connectivity index (χ0) is 25.1. The number of aromatic hydroxyl groups is 1. The summed E-state index contributed by atoms with van der Waals surface area (Å²) in [6, 6.07) is 31.4. The topological polar surface area (TPSA) is 118 Å². The van der Waals surface area contributed by atoms with Crippen LogP contribution in [-0.2, 0) is 10.0 Å². The molecule has 0 aliphatic heterocycles. The largest absolute Gasteiger partial charge is 0.494 e. The molecule has 8 heteroatoms. The summed E-state index contributed by atoms with van der Waals surface area (Å²) in [4.78, 5) is 7.90. The molecule has 1 heterocycles. The number of hydrogen-bond donors (Lipinski definition) is 3. The molecule has 0 aliphatic carbocycles. The van der Waals surface area contributed by atoms with Gasteiger partial charge < -0.3 is 10.1 Å². The summed E-state index contributed by atoms with van der Waals surface area (Å²) < 4.78 is 28.3. The van der Waals surface area contributed by atoms with E-state index in [1.807, 2.05) is 30.3 Å². The third-order valence-electron chi connectivity index (χ3n) is 5.61. The number of hydrogen-bond acceptors (Lipinski definition) is 5. The summed E-state index contributed by atoms with van der Waals surface area (Å²) >= 11 is 0. The van der Waals surface area contributed by atoms with Crippen molar-refractivity contribution in [3.05, 3.63) is 120 Å². The Balaban J connectivity index is 1.64. The van der Waals surface area contributed by atoms with Gasteiger partial charge in [0.15, 0.2) is 5.88 Å². The second-order valence-electron chi connectivity index (χ2n) is 8.01. The van der Waals surface area contributed by atoms with Gasteiger partial charge in [0.1, 0.15) is 0 Å². The van der Waals surface area contributed by atoms with Crippen molar-refractivity contribution in [2.75, 3.05) is 4.72 Å². The monoisotopic (exact) mass is 492 g/mol. The van der Waals surface area contributed by atoms with E-state index >= 15 is 0 Å². The van der Waals surface area contributed by atoms with Crippen LogP contribution in [0.3, 0.4) is 0 Å². The number of anilines is 1. The number of nitriles is 1. The molecule has 5 aromatic rings. The summed E-state index contributed by atoms with van der Waals surface area (Å²) in [5, 5.41) is 20.6. The molecule has 7 nitrogen and oxygen atoms in total. The average Bonchev–Trinajstić information content (AvgIpc) is 3.23. The fraction of sp³-hybridized carbons (Fsp3) is 0. The molecule has 0 amide bonds. The fourth-order valence-electron chi connectivity index (χ4n) is 3.90. The zero-order valence-corrected chi connectivity index (χ0v) is 19.7. The van der Waals surface area contributed by atoms with E-state index in [2.05, 4.69) is 15.8 Å². The maximum absolute atomic E-state index is 12.9. The fourth-order valence-corrected chi connectivity index (χ4v) is 4.97. The molecule has 0 atom stereocenters. The Morgan fingerprint density at radius 3 is 2.22 bits per heavy atom. The molecule has 0 spiro atoms. The molecule has 0 saturated carbocycles. The number of sulfonamides is 1. The van der Waals surface area contributed by atoms with Crippen molar-refractivity contribution in [1.29, 1.82) is 5.26 Å². The second kappa shape index (κ2) is 9.41. The minimum absolute atomic E-state index is 0.0932. The smallest absolute Gasteiger partial charge is 0.261 e. The Bertz CT molecular complexity index is 1720. The molecule has 0 aliphatic rings. The van der Waals surface area contributed by atoms with Gasteiger partial charge in [-0.15, -0.1) is 0 Å². The first-order valence-corrected chi connectivity index (χ1v) is 12.5. The van der Waals surface area contributed by atoms with E-state index in [1.165, 1.54) is 12.1 Å². The van der Waals surface area contributed by atoms with E-state index in [0.717, 1.165) is 5.56 Å². The molecular weight excluding hydrogens is 472 g/mol. The van der Waals surface area contributed by atoms with Gasteiger partial charge >= 0.3 is 0 Å². The summed E-state index contributed by atoms with van der Waals surface area (Å²) in [5.74, 6) is -0.0932. The zero-order valence-electron chi connectivity index (χ0n) is 18.9. The minimum Gasteiger partial charge on any atom is -0.494 e. The molecule has 0 bridgehead atoms. The molecule has 4 aromatic carbocycles. The first-order chi connectivity index (χ1) is 17.4. The number of aromatic nitrogens is 1. The van der Waals surface area contributed by atoms with E-state index in [1.54, 1.807) is 60.7 Å². The van der Waals surface area contributed by atoms with Crippen LogP contribution in [0.4, 0.5) is 11.4 Å². The number of nitrogens with one attached hydrogen (secondary N) is 2. The Kier molecular flexibility index (Phi) is 5.98. The van der Waals surface area contributed by atoms with E-state index in [9.17, 15) is 13.5 Å². The Morgan fingerprint density at radius 1 is 0.889 bits per heavy atom. The lowest BCUT2D eigenvalue weighted by Crippen LogP contribution is -2.12. The van der Waals surface area contributed by atoms with E-state index in [4.69, 9.17) is 10.3 Å². The highest BCUT2D eigenvalue weighted by Gasteiger charge is 2.20. The lowest BCUT2D eigenvalue weighted by atomic mass is 10.0. The van der Waals surface area contributed by atoms with Gasteiger partial charge in [-0.25, -0.2) is 13.4 Å². The van der Waals surface area contributed by atoms with E-state index < -0.39 is 10.0 Å². The lowest BCUT2D eigenvalue weighted by Gasteiger charge is -2.10. The number of fused-ring (bicyclic) bond motifs is 1. The Hall–Kier alpha value is -4.87. The molecule has 5 rings (SSSR count). The third kappa shape index (κ3) is 4.56. The lowest BCUT2D eigenvalue weighted by molar-refractivity contribution is 0.457. The van der Waals surface area contributed by atoms with Crippen LogP contribution in [0.1, 0.15) is 16.7 Å². The van der Waals surface area contributed by atoms with Crippen LogP contribution in [0, 0.1) is 11.3 Å². The van der Waals surface area contributed by atoms with Crippen molar-refractivity contribution in [2.24, 2.45) is 4.99 Å². The normalized spacial score (nSPS) is 11.8. The average molecular weight is 493 g/mol. The first-order valence-electron chi connectivity index (χ1n) is 11.0. The predicted molar refractivity (Wildman–Crippen MR) is 140 cm³/mol. The van der Waals surface area contributed by atoms with Crippen molar-refractivity contribution in [3.8, 4) is 11.9 Å². The third-order valence-corrected chi connectivity index (χ3v) is 7.00. The summed E-state index contributed by atoms with van der Waals surface area (Å²) in [7, 11) is -3.79. The number of aliphatic imine (C=N–C) groups is 1. The maximum Gasteiger partial charge on any atom is 0.261 e. The maximum atomic E-state index is 12.9. The van der Waals surface area contributed by atoms with Crippen molar-refractivity contribution < 1.29 is 13.5 Å². The molecular formula is C28H20N4O3S. The van der Waals surface area contributed by atoms with Crippen molar-refractivity contribution in [3.63, 3.8) is 0 Å². The van der Waals surface area contributed by atoms with Crippen LogP contribution in [0.15, 0.2) is 113 Å². The van der Waals surface area contributed by atoms with Crippen molar-refractivity contribution in [1.82, 2.24) is 4.98 Å². The highest BCUT2D eigenvalue weighted by atomic mass is 32.2. The summed E-state index contributed by atoms with van der Waals surface area (Å²) in [6.45, 7) is 0.